The van der Waals surface area contributed by atoms with E-state index in [1.807, 2.05) is 6.92 Å². The van der Waals surface area contributed by atoms with Gasteiger partial charge < -0.3 is 19.3 Å². The maximum atomic E-state index is 13.5. The minimum Gasteiger partial charge on any atom is -0.507 e. The van der Waals surface area contributed by atoms with Gasteiger partial charge in [0.1, 0.15) is 22.5 Å². The number of fused-ring (bicyclic) bond motifs is 1. The van der Waals surface area contributed by atoms with Gasteiger partial charge in [-0.15, -0.1) is 0 Å². The molecule has 0 spiro atoms. The van der Waals surface area contributed by atoms with E-state index in [-0.39, 0.29) is 33.0 Å². The number of aromatic nitrogens is 1. The van der Waals surface area contributed by atoms with Crippen LogP contribution in [-0.4, -0.2) is 54.0 Å². The van der Waals surface area contributed by atoms with Crippen LogP contribution in [0, 0.1) is 6.92 Å². The highest BCUT2D eigenvalue weighted by Gasteiger charge is 2.48. The van der Waals surface area contributed by atoms with Crippen LogP contribution in [0.1, 0.15) is 55.4 Å². The number of esters is 2. The van der Waals surface area contributed by atoms with Gasteiger partial charge in [-0.2, -0.15) is 0 Å². The summed E-state index contributed by atoms with van der Waals surface area (Å²) in [7, 11) is 2.50. The number of hydrogen-bond acceptors (Lipinski definition) is 10. The quantitative estimate of drug-likeness (QED) is 0.218. The van der Waals surface area contributed by atoms with Crippen molar-refractivity contribution >= 4 is 45.9 Å². The van der Waals surface area contributed by atoms with Gasteiger partial charge in [0, 0.05) is 12.0 Å². The second-order valence-corrected chi connectivity index (χ2v) is 10.1. The number of aliphatic hydroxyl groups is 1. The smallest absolute Gasteiger partial charge is 0.350 e. The number of ketones is 1. The molecule has 3 aromatic rings. The summed E-state index contributed by atoms with van der Waals surface area (Å²) in [5, 5.41) is 11.5. The van der Waals surface area contributed by atoms with E-state index in [1.54, 1.807) is 37.3 Å². The minimum atomic E-state index is -1.09. The maximum Gasteiger partial charge on any atom is 0.350 e. The highest BCUT2D eigenvalue weighted by atomic mass is 32.1. The van der Waals surface area contributed by atoms with Crippen LogP contribution in [0.4, 0.5) is 5.13 Å². The molecular formula is C28H24N2O8S. The zero-order valence-electron chi connectivity index (χ0n) is 21.5. The molecule has 0 bridgehead atoms. The zero-order chi connectivity index (χ0) is 28.0. The number of carbonyl (C=O) groups excluding carboxylic acids is 4. The molecule has 3 heterocycles. The molecule has 2 aliphatic rings. The van der Waals surface area contributed by atoms with E-state index in [0.29, 0.717) is 29.0 Å². The first-order valence-electron chi connectivity index (χ1n) is 12.0. The van der Waals surface area contributed by atoms with Crippen LogP contribution in [0.25, 0.3) is 5.76 Å². The molecule has 1 N–H and O–H groups in total. The Morgan fingerprint density at radius 2 is 1.72 bits per heavy atom. The number of aryl methyl sites for hydroxylation is 1. The van der Waals surface area contributed by atoms with Gasteiger partial charge >= 0.3 is 17.8 Å². The van der Waals surface area contributed by atoms with Crippen LogP contribution >= 0.6 is 11.3 Å². The van der Waals surface area contributed by atoms with Crippen molar-refractivity contribution in [2.45, 2.75) is 32.4 Å². The second-order valence-electron chi connectivity index (χ2n) is 9.14. The average molecular weight is 549 g/mol. The topological polar surface area (TPSA) is 132 Å². The van der Waals surface area contributed by atoms with E-state index in [1.165, 1.54) is 26.4 Å². The Morgan fingerprint density at radius 1 is 1.05 bits per heavy atom. The van der Waals surface area contributed by atoms with E-state index < -0.39 is 29.7 Å². The van der Waals surface area contributed by atoms with Gasteiger partial charge in [-0.05, 0) is 55.3 Å². The predicted octanol–water partition coefficient (Wildman–Crippen LogP) is 3.97. The monoisotopic (exact) mass is 548 g/mol. The van der Waals surface area contributed by atoms with Crippen molar-refractivity contribution in [3.63, 3.8) is 0 Å². The number of thiazole rings is 1. The minimum absolute atomic E-state index is 0.0200. The van der Waals surface area contributed by atoms with Gasteiger partial charge in [0.15, 0.2) is 5.13 Å². The van der Waals surface area contributed by atoms with Gasteiger partial charge in [-0.1, -0.05) is 23.5 Å². The largest absolute Gasteiger partial charge is 0.507 e. The molecule has 1 fully saturated rings. The molecule has 2 aliphatic heterocycles. The lowest BCUT2D eigenvalue weighted by atomic mass is 9.94. The number of amides is 1. The SMILES string of the molecule is COC(=O)c1ccc([C@@H]2C(=C(O)c3ccc4c(c3)C[C@H](C)O4)C(=O)C(=O)N2c2nc(C)c(C(=O)OC)s2)cc1. The molecule has 0 radical (unpaired) electrons. The van der Waals surface area contributed by atoms with Crippen LogP contribution in [0.15, 0.2) is 48.0 Å². The standard InChI is InChI=1S/C28H24N2O8S/c1-13-11-18-12-17(9-10-19(18)38-13)22(31)20-21(15-5-7-16(8-6-15)26(34)36-3)30(25(33)23(20)32)28-29-14(2)24(39-28)27(35)37-4/h5-10,12-13,21,31H,11H2,1-4H3/t13-,21+/m0/s1. The first kappa shape index (κ1) is 26.1. The molecule has 2 aromatic carbocycles. The molecule has 1 amide bonds. The van der Waals surface area contributed by atoms with Crippen molar-refractivity contribution in [1.82, 2.24) is 4.98 Å². The Labute approximate surface area is 227 Å². The number of aliphatic hydroxyl groups excluding tert-OH is 1. The number of ether oxygens (including phenoxy) is 3. The van der Waals surface area contributed by atoms with Crippen molar-refractivity contribution in [1.29, 1.82) is 0 Å². The van der Waals surface area contributed by atoms with E-state index in [2.05, 4.69) is 4.98 Å². The molecule has 0 unspecified atom stereocenters. The lowest BCUT2D eigenvalue weighted by molar-refractivity contribution is -0.132. The van der Waals surface area contributed by atoms with Crippen molar-refractivity contribution in [2.24, 2.45) is 0 Å². The molecule has 10 nitrogen and oxygen atoms in total. The summed E-state index contributed by atoms with van der Waals surface area (Å²) in [6, 6.07) is 10.1. The highest BCUT2D eigenvalue weighted by Crippen LogP contribution is 2.44. The number of rotatable bonds is 5. The molecule has 200 valence electrons. The molecule has 2 atom stereocenters. The van der Waals surface area contributed by atoms with Gasteiger partial charge in [0.25, 0.3) is 5.78 Å². The fourth-order valence-electron chi connectivity index (χ4n) is 4.76. The van der Waals surface area contributed by atoms with Crippen molar-refractivity contribution < 1.29 is 38.5 Å². The van der Waals surface area contributed by atoms with Crippen molar-refractivity contribution in [3.05, 3.63) is 80.9 Å². The molecule has 5 rings (SSSR count). The van der Waals surface area contributed by atoms with E-state index >= 15 is 0 Å². The third-order valence-electron chi connectivity index (χ3n) is 6.62. The zero-order valence-corrected chi connectivity index (χ0v) is 22.3. The molecule has 11 heteroatoms. The first-order valence-corrected chi connectivity index (χ1v) is 12.8. The normalized spacial score (nSPS) is 19.5. The highest BCUT2D eigenvalue weighted by molar-refractivity contribution is 7.17. The second kappa shape index (κ2) is 9.99. The third kappa shape index (κ3) is 4.44. The average Bonchev–Trinajstić information content (AvgIpc) is 3.59. The molecule has 0 saturated carbocycles. The van der Waals surface area contributed by atoms with Gasteiger partial charge in [0.2, 0.25) is 0 Å². The van der Waals surface area contributed by atoms with Gasteiger partial charge in [-0.25, -0.2) is 14.6 Å². The van der Waals surface area contributed by atoms with Crippen LogP contribution < -0.4 is 9.64 Å². The molecular weight excluding hydrogens is 524 g/mol. The summed E-state index contributed by atoms with van der Waals surface area (Å²) in [4.78, 5) is 56.8. The number of hydrogen-bond donors (Lipinski definition) is 1. The fourth-order valence-corrected chi connectivity index (χ4v) is 5.77. The number of anilines is 1. The van der Waals surface area contributed by atoms with Gasteiger partial charge in [-0.3, -0.25) is 14.5 Å². The number of carbonyl (C=O) groups is 4. The van der Waals surface area contributed by atoms with Gasteiger partial charge in [0.05, 0.1) is 37.1 Å². The molecule has 1 saturated heterocycles. The summed E-state index contributed by atoms with van der Waals surface area (Å²) in [6.07, 6.45) is 0.617. The number of Topliss-reactive ketones (excluding diaryl/α,β-unsaturated/α-hetero) is 1. The van der Waals surface area contributed by atoms with E-state index in [0.717, 1.165) is 21.8 Å². The predicted molar refractivity (Wildman–Crippen MR) is 141 cm³/mol. The lowest BCUT2D eigenvalue weighted by Gasteiger charge is -2.23. The van der Waals surface area contributed by atoms with Crippen LogP contribution in [0.2, 0.25) is 0 Å². The fraction of sp³-hybridized carbons (Fsp3) is 0.250. The molecule has 1 aromatic heterocycles. The Balaban J connectivity index is 1.68. The maximum absolute atomic E-state index is 13.5. The van der Waals surface area contributed by atoms with E-state index in [4.69, 9.17) is 14.2 Å². The number of nitrogens with zero attached hydrogens (tertiary/aromatic N) is 2. The Morgan fingerprint density at radius 3 is 2.38 bits per heavy atom. The molecule has 39 heavy (non-hydrogen) atoms. The summed E-state index contributed by atoms with van der Waals surface area (Å²) < 4.78 is 15.3. The summed E-state index contributed by atoms with van der Waals surface area (Å²) in [6.45, 7) is 3.53. The Kier molecular flexibility index (Phi) is 6.69. The third-order valence-corrected chi connectivity index (χ3v) is 7.76. The Hall–Kier alpha value is -4.51. The Bertz CT molecular complexity index is 1560. The summed E-state index contributed by atoms with van der Waals surface area (Å²) in [5.41, 5.74) is 2.11. The van der Waals surface area contributed by atoms with Crippen LogP contribution in [0.3, 0.4) is 0 Å². The lowest BCUT2D eigenvalue weighted by Crippen LogP contribution is -2.29. The van der Waals surface area contributed by atoms with Crippen molar-refractivity contribution in [3.8, 4) is 5.75 Å². The molecule has 0 aliphatic carbocycles. The number of methoxy groups -OCH3 is 2. The van der Waals surface area contributed by atoms with E-state index in [9.17, 15) is 24.3 Å². The van der Waals surface area contributed by atoms with Crippen molar-refractivity contribution in [2.75, 3.05) is 19.1 Å². The summed E-state index contributed by atoms with van der Waals surface area (Å²) >= 11 is 0.904. The van der Waals surface area contributed by atoms with Crippen LogP contribution in [0.5, 0.6) is 5.75 Å². The number of benzene rings is 2. The summed E-state index contributed by atoms with van der Waals surface area (Å²) in [5.74, 6) is -2.66. The first-order chi connectivity index (χ1) is 18.6. The van der Waals surface area contributed by atoms with Crippen LogP contribution in [-0.2, 0) is 25.5 Å².